The molecule has 170 valence electrons. The first-order chi connectivity index (χ1) is 16.0. The van der Waals surface area contributed by atoms with Crippen LogP contribution < -0.4 is 0 Å². The van der Waals surface area contributed by atoms with Crippen molar-refractivity contribution < 1.29 is 23.8 Å². The Bertz CT molecular complexity index is 1230. The van der Waals surface area contributed by atoms with Crippen LogP contribution in [0.2, 0.25) is 0 Å². The number of aliphatic hydroxyl groups excluding tert-OH is 1. The summed E-state index contributed by atoms with van der Waals surface area (Å²) in [5.41, 5.74) is 2.37. The van der Waals surface area contributed by atoms with Crippen LogP contribution in [-0.4, -0.2) is 71.0 Å². The van der Waals surface area contributed by atoms with E-state index in [1.165, 1.54) is 0 Å². The number of benzene rings is 1. The number of aliphatic hydroxyl groups is 1. The number of aryl methyl sites for hydroxylation is 1. The zero-order valence-corrected chi connectivity index (χ0v) is 18.4. The lowest BCUT2D eigenvalue weighted by molar-refractivity contribution is -0.129. The van der Waals surface area contributed by atoms with Gasteiger partial charge in [0.25, 0.3) is 5.91 Å². The van der Waals surface area contributed by atoms with Gasteiger partial charge in [-0.2, -0.15) is 0 Å². The molecule has 4 heterocycles. The van der Waals surface area contributed by atoms with Gasteiger partial charge in [0.2, 0.25) is 5.78 Å². The summed E-state index contributed by atoms with van der Waals surface area (Å²) >= 11 is 0. The Hall–Kier alpha value is -3.49. The Balaban J connectivity index is 1.49. The van der Waals surface area contributed by atoms with Crippen LogP contribution in [-0.2, 0) is 9.53 Å². The van der Waals surface area contributed by atoms with Crippen LogP contribution in [0.15, 0.2) is 64.5 Å². The normalized spacial score (nSPS) is 19.6. The zero-order chi connectivity index (χ0) is 22.9. The average Bonchev–Trinajstić information content (AvgIpc) is 3.37. The monoisotopic (exact) mass is 447 g/mol. The predicted molar refractivity (Wildman–Crippen MR) is 121 cm³/mol. The minimum Gasteiger partial charge on any atom is -0.503 e. The molecule has 1 fully saturated rings. The number of hydrogen-bond donors (Lipinski definition) is 1. The highest BCUT2D eigenvalue weighted by atomic mass is 16.5. The lowest BCUT2D eigenvalue weighted by Gasteiger charge is -2.31. The second-order valence-corrected chi connectivity index (χ2v) is 8.38. The maximum atomic E-state index is 13.6. The lowest BCUT2D eigenvalue weighted by atomic mass is 9.95. The van der Waals surface area contributed by atoms with Gasteiger partial charge in [0.15, 0.2) is 11.5 Å². The van der Waals surface area contributed by atoms with Crippen molar-refractivity contribution in [2.24, 2.45) is 0 Å². The largest absolute Gasteiger partial charge is 0.503 e. The van der Waals surface area contributed by atoms with Gasteiger partial charge in [0, 0.05) is 44.0 Å². The number of Topliss-reactive ketones (excluding diaryl/α,β-unsaturated/α-hetero) is 1. The third-order valence-corrected chi connectivity index (χ3v) is 6.23. The number of hydrogen-bond acceptors (Lipinski definition) is 7. The summed E-state index contributed by atoms with van der Waals surface area (Å²) < 4.78 is 11.2. The molecule has 1 N–H and O–H groups in total. The standard InChI is InChI=1S/C25H25N3O5/c1-16-2-3-19-18(14-16)15-20(33-19)23(29)21-22(17-4-6-26-7-5-17)28(25(31)24(21)30)9-8-27-10-12-32-13-11-27/h2-7,14-15,22,30H,8-13H2,1H3. The number of pyridine rings is 1. The Labute approximate surface area is 191 Å². The summed E-state index contributed by atoms with van der Waals surface area (Å²) in [6.45, 7) is 5.82. The molecule has 1 saturated heterocycles. The van der Waals surface area contributed by atoms with Gasteiger partial charge in [0.05, 0.1) is 24.8 Å². The maximum absolute atomic E-state index is 13.6. The summed E-state index contributed by atoms with van der Waals surface area (Å²) in [5, 5.41) is 11.6. The summed E-state index contributed by atoms with van der Waals surface area (Å²) in [6, 6.07) is 10.1. The third-order valence-electron chi connectivity index (χ3n) is 6.23. The minimum atomic E-state index is -0.719. The molecule has 0 spiro atoms. The molecule has 33 heavy (non-hydrogen) atoms. The molecule has 0 saturated carbocycles. The molecule has 2 aliphatic heterocycles. The van der Waals surface area contributed by atoms with Crippen LogP contribution in [0.4, 0.5) is 0 Å². The van der Waals surface area contributed by atoms with Gasteiger partial charge >= 0.3 is 0 Å². The maximum Gasteiger partial charge on any atom is 0.290 e. The Morgan fingerprint density at radius 2 is 1.88 bits per heavy atom. The van der Waals surface area contributed by atoms with Gasteiger partial charge in [-0.15, -0.1) is 0 Å². The number of aromatic nitrogens is 1. The third kappa shape index (κ3) is 4.03. The van der Waals surface area contributed by atoms with E-state index in [2.05, 4.69) is 9.88 Å². The minimum absolute atomic E-state index is 0.0314. The van der Waals surface area contributed by atoms with E-state index in [9.17, 15) is 14.7 Å². The number of ether oxygens (including phenoxy) is 1. The van der Waals surface area contributed by atoms with E-state index >= 15 is 0 Å². The summed E-state index contributed by atoms with van der Waals surface area (Å²) in [5.74, 6) is -1.48. The number of carbonyl (C=O) groups excluding carboxylic acids is 2. The number of furan rings is 1. The van der Waals surface area contributed by atoms with Crippen molar-refractivity contribution in [3.05, 3.63) is 77.0 Å². The quantitative estimate of drug-likeness (QED) is 0.580. The molecule has 1 amide bonds. The molecular weight excluding hydrogens is 422 g/mol. The zero-order valence-electron chi connectivity index (χ0n) is 18.4. The van der Waals surface area contributed by atoms with Crippen LogP contribution in [0.25, 0.3) is 11.0 Å². The van der Waals surface area contributed by atoms with Crippen LogP contribution in [0.1, 0.15) is 27.7 Å². The van der Waals surface area contributed by atoms with Crippen molar-refractivity contribution in [3.8, 4) is 0 Å². The number of rotatable bonds is 6. The van der Waals surface area contributed by atoms with Gasteiger partial charge in [0.1, 0.15) is 5.58 Å². The van der Waals surface area contributed by atoms with Crippen molar-refractivity contribution in [2.45, 2.75) is 13.0 Å². The van der Waals surface area contributed by atoms with E-state index in [0.717, 1.165) is 24.0 Å². The van der Waals surface area contributed by atoms with E-state index < -0.39 is 23.5 Å². The molecule has 0 bridgehead atoms. The second-order valence-electron chi connectivity index (χ2n) is 8.38. The van der Waals surface area contributed by atoms with Crippen LogP contribution >= 0.6 is 0 Å². The summed E-state index contributed by atoms with van der Waals surface area (Å²) in [7, 11) is 0. The van der Waals surface area contributed by atoms with E-state index in [4.69, 9.17) is 9.15 Å². The number of nitrogens with zero attached hydrogens (tertiary/aromatic N) is 3. The van der Waals surface area contributed by atoms with Crippen molar-refractivity contribution in [1.29, 1.82) is 0 Å². The molecule has 8 nitrogen and oxygen atoms in total. The SMILES string of the molecule is Cc1ccc2oc(C(=O)C3=C(O)C(=O)N(CCN4CCOCC4)C3c3ccncc3)cc2c1. The molecule has 8 heteroatoms. The van der Waals surface area contributed by atoms with Crippen molar-refractivity contribution >= 4 is 22.7 Å². The molecule has 1 unspecified atom stereocenters. The van der Waals surface area contributed by atoms with E-state index in [1.54, 1.807) is 35.5 Å². The summed E-state index contributed by atoms with van der Waals surface area (Å²) in [6.07, 6.45) is 3.22. The van der Waals surface area contributed by atoms with Gasteiger partial charge < -0.3 is 19.2 Å². The summed E-state index contributed by atoms with van der Waals surface area (Å²) in [4.78, 5) is 34.5. The molecule has 2 aliphatic rings. The first-order valence-corrected chi connectivity index (χ1v) is 11.0. The molecule has 5 rings (SSSR count). The van der Waals surface area contributed by atoms with Gasteiger partial charge in [-0.25, -0.2) is 0 Å². The smallest absolute Gasteiger partial charge is 0.290 e. The van der Waals surface area contributed by atoms with Crippen molar-refractivity contribution in [3.63, 3.8) is 0 Å². The number of amides is 1. The Kier molecular flexibility index (Phi) is 5.70. The lowest BCUT2D eigenvalue weighted by Crippen LogP contribution is -2.43. The highest BCUT2D eigenvalue weighted by molar-refractivity contribution is 6.16. The fourth-order valence-corrected chi connectivity index (χ4v) is 4.49. The van der Waals surface area contributed by atoms with Gasteiger partial charge in [-0.1, -0.05) is 11.6 Å². The molecule has 1 aromatic carbocycles. The van der Waals surface area contributed by atoms with E-state index in [0.29, 0.717) is 37.4 Å². The van der Waals surface area contributed by atoms with Crippen molar-refractivity contribution in [1.82, 2.24) is 14.8 Å². The first kappa shape index (κ1) is 21.4. The average molecular weight is 447 g/mol. The first-order valence-electron chi connectivity index (χ1n) is 11.0. The van der Waals surface area contributed by atoms with E-state index in [-0.39, 0.29) is 11.3 Å². The second kappa shape index (κ2) is 8.80. The predicted octanol–water partition coefficient (Wildman–Crippen LogP) is 3.05. The Morgan fingerprint density at radius 3 is 2.64 bits per heavy atom. The van der Waals surface area contributed by atoms with Crippen LogP contribution in [0, 0.1) is 6.92 Å². The topological polar surface area (TPSA) is 96.1 Å². The number of carbonyl (C=O) groups is 2. The molecule has 3 aromatic rings. The number of morpholine rings is 1. The molecule has 0 aliphatic carbocycles. The molecule has 1 atom stereocenters. The Morgan fingerprint density at radius 1 is 1.12 bits per heavy atom. The number of fused-ring (bicyclic) bond motifs is 1. The number of ketones is 1. The molecular formula is C25H25N3O5. The highest BCUT2D eigenvalue weighted by Crippen LogP contribution is 2.39. The van der Waals surface area contributed by atoms with Gasteiger partial charge in [-0.05, 0) is 42.8 Å². The molecule has 0 radical (unpaired) electrons. The fraction of sp³-hybridized carbons (Fsp3) is 0.320. The molecule has 2 aromatic heterocycles. The van der Waals surface area contributed by atoms with Crippen molar-refractivity contribution in [2.75, 3.05) is 39.4 Å². The van der Waals surface area contributed by atoms with E-state index in [1.807, 2.05) is 25.1 Å². The van der Waals surface area contributed by atoms with Crippen LogP contribution in [0.3, 0.4) is 0 Å². The van der Waals surface area contributed by atoms with Crippen LogP contribution in [0.5, 0.6) is 0 Å². The van der Waals surface area contributed by atoms with Gasteiger partial charge in [-0.3, -0.25) is 19.5 Å². The highest BCUT2D eigenvalue weighted by Gasteiger charge is 2.44. The fourth-order valence-electron chi connectivity index (χ4n) is 4.49.